The fourth-order valence-corrected chi connectivity index (χ4v) is 2.46. The maximum Gasteiger partial charge on any atom is 0.237 e. The molecule has 0 bridgehead atoms. The minimum Gasteiger partial charge on any atom is -0.480 e. The largest absolute Gasteiger partial charge is 0.480 e. The Morgan fingerprint density at radius 2 is 2.09 bits per heavy atom. The summed E-state index contributed by atoms with van der Waals surface area (Å²) in [5.74, 6) is 1.31. The smallest absolute Gasteiger partial charge is 0.237 e. The molecule has 0 aliphatic heterocycles. The first kappa shape index (κ1) is 15.0. The zero-order valence-electron chi connectivity index (χ0n) is 13.3. The molecule has 0 aliphatic carbocycles. The van der Waals surface area contributed by atoms with Crippen LogP contribution in [0, 0.1) is 13.8 Å². The molecule has 118 valence electrons. The molecule has 3 heterocycles. The standard InChI is InChI=1S/C17H18N4O2/c1-11-16(12(2)23-21-11)13-8-15(17(22-3)20-9-13)19-10-14-6-4-5-7-18-14/h4-9,19H,10H2,1-3H3. The van der Waals surface area contributed by atoms with E-state index in [9.17, 15) is 0 Å². The average Bonchev–Trinajstić information content (AvgIpc) is 2.92. The van der Waals surface area contributed by atoms with Gasteiger partial charge < -0.3 is 14.6 Å². The van der Waals surface area contributed by atoms with Gasteiger partial charge in [-0.25, -0.2) is 4.98 Å². The summed E-state index contributed by atoms with van der Waals surface area (Å²) in [5, 5.41) is 7.31. The molecule has 0 atom stereocenters. The number of hydrogen-bond donors (Lipinski definition) is 1. The van der Waals surface area contributed by atoms with Gasteiger partial charge in [0, 0.05) is 23.5 Å². The summed E-state index contributed by atoms with van der Waals surface area (Å²) in [5.41, 5.74) is 4.48. The van der Waals surface area contributed by atoms with Gasteiger partial charge >= 0.3 is 0 Å². The first-order chi connectivity index (χ1) is 11.2. The van der Waals surface area contributed by atoms with E-state index in [1.54, 1.807) is 19.5 Å². The van der Waals surface area contributed by atoms with Crippen molar-refractivity contribution in [3.05, 3.63) is 53.8 Å². The van der Waals surface area contributed by atoms with Gasteiger partial charge in [-0.2, -0.15) is 0 Å². The molecule has 0 aliphatic rings. The Morgan fingerprint density at radius 1 is 1.22 bits per heavy atom. The second kappa shape index (κ2) is 6.48. The van der Waals surface area contributed by atoms with E-state index in [0.717, 1.165) is 34.0 Å². The molecule has 0 saturated heterocycles. The number of anilines is 1. The third-order valence-corrected chi connectivity index (χ3v) is 3.55. The highest BCUT2D eigenvalue weighted by molar-refractivity contribution is 5.72. The monoisotopic (exact) mass is 310 g/mol. The van der Waals surface area contributed by atoms with Crippen molar-refractivity contribution >= 4 is 5.69 Å². The van der Waals surface area contributed by atoms with Gasteiger partial charge in [0.1, 0.15) is 5.76 Å². The second-order valence-electron chi connectivity index (χ2n) is 5.15. The van der Waals surface area contributed by atoms with Crippen molar-refractivity contribution in [1.82, 2.24) is 15.1 Å². The zero-order chi connectivity index (χ0) is 16.2. The third-order valence-electron chi connectivity index (χ3n) is 3.55. The Labute approximate surface area is 134 Å². The molecule has 0 fully saturated rings. The number of pyridine rings is 2. The van der Waals surface area contributed by atoms with Crippen LogP contribution in [0.5, 0.6) is 5.88 Å². The van der Waals surface area contributed by atoms with Gasteiger partial charge in [-0.3, -0.25) is 4.98 Å². The molecule has 23 heavy (non-hydrogen) atoms. The van der Waals surface area contributed by atoms with Crippen molar-refractivity contribution in [3.63, 3.8) is 0 Å². The van der Waals surface area contributed by atoms with E-state index < -0.39 is 0 Å². The number of aryl methyl sites for hydroxylation is 2. The van der Waals surface area contributed by atoms with Crippen LogP contribution >= 0.6 is 0 Å². The Bertz CT molecular complexity index is 780. The molecule has 0 amide bonds. The highest BCUT2D eigenvalue weighted by atomic mass is 16.5. The van der Waals surface area contributed by atoms with Gasteiger partial charge in [-0.1, -0.05) is 11.2 Å². The SMILES string of the molecule is COc1ncc(-c2c(C)noc2C)cc1NCc1ccccn1. The Kier molecular flexibility index (Phi) is 4.23. The molecule has 0 radical (unpaired) electrons. The van der Waals surface area contributed by atoms with Crippen LogP contribution in [0.25, 0.3) is 11.1 Å². The predicted molar refractivity (Wildman–Crippen MR) is 87.3 cm³/mol. The van der Waals surface area contributed by atoms with Gasteiger partial charge in [0.05, 0.1) is 30.7 Å². The highest BCUT2D eigenvalue weighted by Crippen LogP contribution is 2.32. The van der Waals surface area contributed by atoms with Gasteiger partial charge in [0.15, 0.2) is 0 Å². The topological polar surface area (TPSA) is 73.1 Å². The van der Waals surface area contributed by atoms with Crippen LogP contribution in [0.4, 0.5) is 5.69 Å². The molecule has 0 aromatic carbocycles. The maximum atomic E-state index is 5.33. The summed E-state index contributed by atoms with van der Waals surface area (Å²) >= 11 is 0. The Hall–Kier alpha value is -2.89. The molecule has 1 N–H and O–H groups in total. The van der Waals surface area contributed by atoms with Crippen LogP contribution in [0.15, 0.2) is 41.2 Å². The van der Waals surface area contributed by atoms with Gasteiger partial charge in [-0.15, -0.1) is 0 Å². The molecule has 0 saturated carbocycles. The molecular weight excluding hydrogens is 292 g/mol. The first-order valence-electron chi connectivity index (χ1n) is 7.30. The third kappa shape index (κ3) is 3.15. The van der Waals surface area contributed by atoms with E-state index in [0.29, 0.717) is 12.4 Å². The lowest BCUT2D eigenvalue weighted by atomic mass is 10.1. The number of methoxy groups -OCH3 is 1. The summed E-state index contributed by atoms with van der Waals surface area (Å²) in [6, 6.07) is 7.80. The number of aromatic nitrogens is 3. The quantitative estimate of drug-likeness (QED) is 0.779. The minimum absolute atomic E-state index is 0.538. The van der Waals surface area contributed by atoms with E-state index in [2.05, 4.69) is 20.4 Å². The van der Waals surface area contributed by atoms with Gasteiger partial charge in [0.25, 0.3) is 0 Å². The lowest BCUT2D eigenvalue weighted by molar-refractivity contribution is 0.393. The number of hydrogen-bond acceptors (Lipinski definition) is 6. The van der Waals surface area contributed by atoms with Crippen LogP contribution < -0.4 is 10.1 Å². The Morgan fingerprint density at radius 3 is 2.74 bits per heavy atom. The molecule has 6 nitrogen and oxygen atoms in total. The van der Waals surface area contributed by atoms with E-state index in [-0.39, 0.29) is 0 Å². The average molecular weight is 310 g/mol. The van der Waals surface area contributed by atoms with Crippen LogP contribution in [-0.2, 0) is 6.54 Å². The molecule has 0 unspecified atom stereocenters. The maximum absolute atomic E-state index is 5.33. The lowest BCUT2D eigenvalue weighted by Crippen LogP contribution is -2.04. The molecule has 3 rings (SSSR count). The Balaban J connectivity index is 1.91. The summed E-state index contributed by atoms with van der Waals surface area (Å²) in [7, 11) is 1.60. The fourth-order valence-electron chi connectivity index (χ4n) is 2.46. The molecule has 6 heteroatoms. The predicted octanol–water partition coefficient (Wildman–Crippen LogP) is 3.37. The molecular formula is C17H18N4O2. The molecule has 3 aromatic heterocycles. The normalized spacial score (nSPS) is 10.6. The molecule has 0 spiro atoms. The number of nitrogens with zero attached hydrogens (tertiary/aromatic N) is 3. The second-order valence-corrected chi connectivity index (χ2v) is 5.15. The van der Waals surface area contributed by atoms with Gasteiger partial charge in [0.2, 0.25) is 5.88 Å². The van der Waals surface area contributed by atoms with Crippen molar-refractivity contribution < 1.29 is 9.26 Å². The highest BCUT2D eigenvalue weighted by Gasteiger charge is 2.14. The summed E-state index contributed by atoms with van der Waals surface area (Å²) in [6.45, 7) is 4.39. The van der Waals surface area contributed by atoms with E-state index in [1.807, 2.05) is 38.1 Å². The van der Waals surface area contributed by atoms with Crippen LogP contribution in [0.2, 0.25) is 0 Å². The van der Waals surface area contributed by atoms with Crippen molar-refractivity contribution in [3.8, 4) is 17.0 Å². The number of ether oxygens (including phenoxy) is 1. The van der Waals surface area contributed by atoms with Crippen molar-refractivity contribution in [2.75, 3.05) is 12.4 Å². The van der Waals surface area contributed by atoms with Crippen molar-refractivity contribution in [2.24, 2.45) is 0 Å². The summed E-state index contributed by atoms with van der Waals surface area (Å²) in [6.07, 6.45) is 3.53. The van der Waals surface area contributed by atoms with E-state index >= 15 is 0 Å². The number of rotatable bonds is 5. The van der Waals surface area contributed by atoms with E-state index in [4.69, 9.17) is 9.26 Å². The van der Waals surface area contributed by atoms with Crippen LogP contribution in [0.1, 0.15) is 17.1 Å². The fraction of sp³-hybridized carbons (Fsp3) is 0.235. The first-order valence-corrected chi connectivity index (χ1v) is 7.30. The number of nitrogens with one attached hydrogen (secondary N) is 1. The van der Waals surface area contributed by atoms with Crippen molar-refractivity contribution in [1.29, 1.82) is 0 Å². The van der Waals surface area contributed by atoms with E-state index in [1.165, 1.54) is 0 Å². The molecule has 3 aromatic rings. The lowest BCUT2D eigenvalue weighted by Gasteiger charge is -2.11. The van der Waals surface area contributed by atoms with Crippen LogP contribution in [-0.4, -0.2) is 22.2 Å². The van der Waals surface area contributed by atoms with Crippen LogP contribution in [0.3, 0.4) is 0 Å². The summed E-state index contributed by atoms with van der Waals surface area (Å²) < 4.78 is 10.6. The van der Waals surface area contributed by atoms with Crippen molar-refractivity contribution in [2.45, 2.75) is 20.4 Å². The minimum atomic E-state index is 0.538. The summed E-state index contributed by atoms with van der Waals surface area (Å²) in [4.78, 5) is 8.67. The van der Waals surface area contributed by atoms with Gasteiger partial charge in [-0.05, 0) is 32.0 Å². The zero-order valence-corrected chi connectivity index (χ0v) is 13.3.